The fourth-order valence-electron chi connectivity index (χ4n) is 2.43. The van der Waals surface area contributed by atoms with Crippen LogP contribution in [-0.4, -0.2) is 27.7 Å². The molecule has 21 heavy (non-hydrogen) atoms. The van der Waals surface area contributed by atoms with Crippen LogP contribution in [0.15, 0.2) is 48.5 Å². The molecule has 0 radical (unpaired) electrons. The number of ether oxygens (including phenoxy) is 1. The Hall–Kier alpha value is -2.07. The van der Waals surface area contributed by atoms with Crippen molar-refractivity contribution in [2.24, 2.45) is 0 Å². The van der Waals surface area contributed by atoms with E-state index in [4.69, 9.17) is 4.74 Å². The molecule has 0 aliphatic rings. The maximum Gasteiger partial charge on any atom is 0.146 e. The number of nitrogens with one attached hydrogen (secondary N) is 1. The normalized spacial score (nSPS) is 12.0. The molecule has 0 aliphatic heterocycles. The van der Waals surface area contributed by atoms with E-state index in [1.165, 1.54) is 6.07 Å². The van der Waals surface area contributed by atoms with Gasteiger partial charge < -0.3 is 15.0 Å². The minimum Gasteiger partial charge on any atom is -0.496 e. The second-order valence-corrected chi connectivity index (χ2v) is 4.92. The van der Waals surface area contributed by atoms with Crippen molar-refractivity contribution < 1.29 is 9.13 Å². The van der Waals surface area contributed by atoms with Gasteiger partial charge in [-0.25, -0.2) is 4.39 Å². The Balaban J connectivity index is 2.21. The Morgan fingerprint density at radius 2 is 1.81 bits per heavy atom. The lowest BCUT2D eigenvalue weighted by atomic mass is 10.0. The van der Waals surface area contributed by atoms with E-state index in [0.29, 0.717) is 12.2 Å². The number of halogens is 1. The van der Waals surface area contributed by atoms with Gasteiger partial charge in [0.15, 0.2) is 0 Å². The van der Waals surface area contributed by atoms with Gasteiger partial charge in [-0.3, -0.25) is 0 Å². The summed E-state index contributed by atoms with van der Waals surface area (Å²) in [7, 11) is 5.44. The van der Waals surface area contributed by atoms with Crippen LogP contribution in [0.25, 0.3) is 0 Å². The summed E-state index contributed by atoms with van der Waals surface area (Å²) in [5, 5.41) is 3.27. The lowest BCUT2D eigenvalue weighted by molar-refractivity contribution is 0.401. The molecule has 0 aromatic heterocycles. The molecule has 0 saturated carbocycles. The van der Waals surface area contributed by atoms with Gasteiger partial charge in [0.05, 0.1) is 18.8 Å². The summed E-state index contributed by atoms with van der Waals surface area (Å²) in [6.07, 6.45) is 0. The lowest BCUT2D eigenvalue weighted by Crippen LogP contribution is -2.31. The van der Waals surface area contributed by atoms with Crippen molar-refractivity contribution in [3.8, 4) is 5.75 Å². The zero-order valence-electron chi connectivity index (χ0n) is 12.6. The Kier molecular flexibility index (Phi) is 5.17. The molecule has 0 heterocycles. The fraction of sp³-hybridized carbons (Fsp3) is 0.294. The first-order valence-electron chi connectivity index (χ1n) is 6.93. The SMILES string of the molecule is CNC(CN(C)c1ccccc1F)c1ccccc1OC. The van der Waals surface area contributed by atoms with Gasteiger partial charge in [0.25, 0.3) is 0 Å². The fourth-order valence-corrected chi connectivity index (χ4v) is 2.43. The smallest absolute Gasteiger partial charge is 0.146 e. The van der Waals surface area contributed by atoms with Crippen molar-refractivity contribution in [1.29, 1.82) is 0 Å². The van der Waals surface area contributed by atoms with Gasteiger partial charge in [-0.15, -0.1) is 0 Å². The molecule has 0 saturated heterocycles. The number of hydrogen-bond acceptors (Lipinski definition) is 3. The molecule has 0 spiro atoms. The molecule has 0 aliphatic carbocycles. The van der Waals surface area contributed by atoms with Gasteiger partial charge in [-0.2, -0.15) is 0 Å². The molecule has 1 unspecified atom stereocenters. The summed E-state index contributed by atoms with van der Waals surface area (Å²) < 4.78 is 19.3. The van der Waals surface area contributed by atoms with Crippen molar-refractivity contribution in [3.05, 3.63) is 59.9 Å². The average molecular weight is 288 g/mol. The standard InChI is InChI=1S/C17H21FN2O/c1-19-15(13-8-4-7-11-17(13)21-3)12-20(2)16-10-6-5-9-14(16)18/h4-11,15,19H,12H2,1-3H3. The molecule has 2 rings (SSSR count). The van der Waals surface area contributed by atoms with Crippen molar-refractivity contribution in [3.63, 3.8) is 0 Å². The molecular formula is C17H21FN2O. The van der Waals surface area contributed by atoms with Crippen LogP contribution in [0.3, 0.4) is 0 Å². The van der Waals surface area contributed by atoms with Gasteiger partial charge >= 0.3 is 0 Å². The van der Waals surface area contributed by atoms with Crippen LogP contribution in [0, 0.1) is 5.82 Å². The number of rotatable bonds is 6. The van der Waals surface area contributed by atoms with Gasteiger partial charge in [0.2, 0.25) is 0 Å². The molecule has 4 heteroatoms. The summed E-state index contributed by atoms with van der Waals surface area (Å²) in [6.45, 7) is 0.637. The van der Waals surface area contributed by atoms with E-state index >= 15 is 0 Å². The van der Waals surface area contributed by atoms with Gasteiger partial charge in [0, 0.05) is 19.2 Å². The first-order chi connectivity index (χ1) is 10.2. The van der Waals surface area contributed by atoms with Crippen molar-refractivity contribution in [1.82, 2.24) is 5.32 Å². The van der Waals surface area contributed by atoms with Gasteiger partial charge in [-0.1, -0.05) is 30.3 Å². The summed E-state index contributed by atoms with van der Waals surface area (Å²) in [6, 6.07) is 14.7. The molecule has 0 amide bonds. The summed E-state index contributed by atoms with van der Waals surface area (Å²) >= 11 is 0. The van der Waals surface area contributed by atoms with E-state index in [0.717, 1.165) is 11.3 Å². The maximum absolute atomic E-state index is 13.9. The molecule has 3 nitrogen and oxygen atoms in total. The van der Waals surface area contributed by atoms with E-state index in [2.05, 4.69) is 5.32 Å². The Morgan fingerprint density at radius 1 is 1.14 bits per heavy atom. The van der Waals surface area contributed by atoms with Crippen molar-refractivity contribution >= 4 is 5.69 Å². The van der Waals surface area contributed by atoms with E-state index in [-0.39, 0.29) is 11.9 Å². The molecule has 1 atom stereocenters. The molecular weight excluding hydrogens is 267 g/mol. The van der Waals surface area contributed by atoms with Gasteiger partial charge in [-0.05, 0) is 25.2 Å². The van der Waals surface area contributed by atoms with Crippen LogP contribution in [-0.2, 0) is 0 Å². The monoisotopic (exact) mass is 288 g/mol. The second-order valence-electron chi connectivity index (χ2n) is 4.92. The highest BCUT2D eigenvalue weighted by atomic mass is 19.1. The minimum atomic E-state index is -0.213. The van der Waals surface area contributed by atoms with Crippen molar-refractivity contribution in [2.45, 2.75) is 6.04 Å². The topological polar surface area (TPSA) is 24.5 Å². The number of anilines is 1. The number of methoxy groups -OCH3 is 1. The summed E-state index contributed by atoms with van der Waals surface area (Å²) in [5.74, 6) is 0.619. The van der Waals surface area contributed by atoms with Crippen LogP contribution >= 0.6 is 0 Å². The van der Waals surface area contributed by atoms with Crippen LogP contribution in [0.1, 0.15) is 11.6 Å². The van der Waals surface area contributed by atoms with Crippen LogP contribution in [0.4, 0.5) is 10.1 Å². The summed E-state index contributed by atoms with van der Waals surface area (Å²) in [5.41, 5.74) is 1.65. The zero-order valence-corrected chi connectivity index (χ0v) is 12.6. The highest BCUT2D eigenvalue weighted by Gasteiger charge is 2.17. The first kappa shape index (κ1) is 15.3. The lowest BCUT2D eigenvalue weighted by Gasteiger charge is -2.27. The number of likely N-dealkylation sites (N-methyl/N-ethyl adjacent to an activating group) is 2. The number of para-hydroxylation sites is 2. The van der Waals surface area contributed by atoms with Gasteiger partial charge in [0.1, 0.15) is 11.6 Å². The largest absolute Gasteiger partial charge is 0.496 e. The Labute approximate surface area is 125 Å². The van der Waals surface area contributed by atoms with Crippen LogP contribution in [0.5, 0.6) is 5.75 Å². The minimum absolute atomic E-state index is 0.0470. The molecule has 2 aromatic carbocycles. The van der Waals surface area contributed by atoms with Crippen LogP contribution in [0.2, 0.25) is 0 Å². The van der Waals surface area contributed by atoms with Crippen molar-refractivity contribution in [2.75, 3.05) is 32.6 Å². The summed E-state index contributed by atoms with van der Waals surface area (Å²) in [4.78, 5) is 1.91. The second kappa shape index (κ2) is 7.09. The number of benzene rings is 2. The average Bonchev–Trinajstić information content (AvgIpc) is 2.52. The van der Waals surface area contributed by atoms with E-state index in [1.807, 2.05) is 49.3 Å². The molecule has 1 N–H and O–H groups in total. The maximum atomic E-state index is 13.9. The highest BCUT2D eigenvalue weighted by Crippen LogP contribution is 2.27. The number of nitrogens with zero attached hydrogens (tertiary/aromatic N) is 1. The Morgan fingerprint density at radius 3 is 2.48 bits per heavy atom. The van der Waals surface area contributed by atoms with E-state index < -0.39 is 0 Å². The molecule has 0 bridgehead atoms. The molecule has 2 aromatic rings. The third kappa shape index (κ3) is 3.52. The third-order valence-electron chi connectivity index (χ3n) is 3.58. The molecule has 0 fully saturated rings. The zero-order chi connectivity index (χ0) is 15.2. The highest BCUT2D eigenvalue weighted by molar-refractivity contribution is 5.48. The first-order valence-corrected chi connectivity index (χ1v) is 6.93. The number of hydrogen-bond donors (Lipinski definition) is 1. The quantitative estimate of drug-likeness (QED) is 0.883. The van der Waals surface area contributed by atoms with E-state index in [1.54, 1.807) is 19.2 Å². The van der Waals surface area contributed by atoms with E-state index in [9.17, 15) is 4.39 Å². The Bertz CT molecular complexity index is 589. The third-order valence-corrected chi connectivity index (χ3v) is 3.58. The predicted octanol–water partition coefficient (Wildman–Crippen LogP) is 3.23. The predicted molar refractivity (Wildman–Crippen MR) is 84.5 cm³/mol. The van der Waals surface area contributed by atoms with Crippen LogP contribution < -0.4 is 15.0 Å². The molecule has 112 valence electrons.